The zero-order chi connectivity index (χ0) is 23.6. The van der Waals surface area contributed by atoms with Crippen LogP contribution in [0.5, 0.6) is 23.0 Å². The Hall–Kier alpha value is -4.20. The molecule has 0 radical (unpaired) electrons. The molecule has 0 saturated carbocycles. The molecule has 0 aliphatic carbocycles. The molecule has 0 aromatic heterocycles. The fourth-order valence-corrected chi connectivity index (χ4v) is 2.96. The Morgan fingerprint density at radius 1 is 0.758 bits per heavy atom. The van der Waals surface area contributed by atoms with Crippen LogP contribution in [0.1, 0.15) is 16.7 Å². The monoisotopic (exact) mass is 451 g/mol. The van der Waals surface area contributed by atoms with Gasteiger partial charge < -0.3 is 28.9 Å². The molecule has 0 aliphatic rings. The summed E-state index contributed by atoms with van der Waals surface area (Å²) in [5, 5.41) is 13.1. The molecule has 0 saturated heterocycles. The first kappa shape index (κ1) is 23.5. The molecule has 0 unspecified atom stereocenters. The molecular weight excluding hydrogens is 426 g/mol. The summed E-state index contributed by atoms with van der Waals surface area (Å²) < 4.78 is 22.3. The lowest BCUT2D eigenvalue weighted by Gasteiger charge is -2.15. The van der Waals surface area contributed by atoms with Crippen LogP contribution in [0.2, 0.25) is 0 Å². The first-order valence-corrected chi connectivity index (χ1v) is 10.0. The molecule has 0 bridgehead atoms. The maximum absolute atomic E-state index is 11.6. The molecule has 0 atom stereocenters. The van der Waals surface area contributed by atoms with Crippen LogP contribution in [-0.2, 0) is 22.8 Å². The summed E-state index contributed by atoms with van der Waals surface area (Å²) in [7, 11) is 4.50. The molecule has 8 heteroatoms. The number of carbonyl (C=O) groups is 1. The molecule has 1 N–H and O–H groups in total. The number of benzene rings is 3. The normalized spacial score (nSPS) is 10.9. The maximum Gasteiger partial charge on any atom is 0.358 e. The number of carboxylic acid groups (broad SMARTS) is 1. The van der Waals surface area contributed by atoms with Crippen molar-refractivity contribution in [3.8, 4) is 23.0 Å². The summed E-state index contributed by atoms with van der Waals surface area (Å²) in [5.41, 5.74) is 1.93. The van der Waals surface area contributed by atoms with E-state index in [1.807, 2.05) is 48.5 Å². The number of nitrogens with zero attached hydrogens (tertiary/aromatic N) is 1. The van der Waals surface area contributed by atoms with Gasteiger partial charge in [0.1, 0.15) is 31.8 Å². The van der Waals surface area contributed by atoms with Crippen LogP contribution in [-0.4, -0.2) is 38.1 Å². The standard InChI is InChI=1S/C25H25NO7/c1-29-20-9-4-17(5-10-20)15-32-22-13-8-19(24(25(27)28)26-31-3)14-23(22)33-16-18-6-11-21(30-2)12-7-18/h4-14H,15-16H2,1-3H3,(H,27,28)/b26-24-. The zero-order valence-corrected chi connectivity index (χ0v) is 18.6. The minimum Gasteiger partial charge on any atom is -0.497 e. The van der Waals surface area contributed by atoms with Gasteiger partial charge in [0.25, 0.3) is 0 Å². The largest absolute Gasteiger partial charge is 0.497 e. The van der Waals surface area contributed by atoms with Crippen molar-refractivity contribution in [2.45, 2.75) is 13.2 Å². The fourth-order valence-electron chi connectivity index (χ4n) is 2.96. The lowest BCUT2D eigenvalue weighted by Crippen LogP contribution is -2.15. The lowest BCUT2D eigenvalue weighted by molar-refractivity contribution is -0.129. The Morgan fingerprint density at radius 3 is 1.73 bits per heavy atom. The van der Waals surface area contributed by atoms with Crippen molar-refractivity contribution in [2.24, 2.45) is 5.16 Å². The molecule has 0 fully saturated rings. The Bertz CT molecular complexity index is 1090. The van der Waals surface area contributed by atoms with E-state index < -0.39 is 5.97 Å². The predicted molar refractivity (Wildman–Crippen MR) is 122 cm³/mol. The van der Waals surface area contributed by atoms with E-state index >= 15 is 0 Å². The molecule has 33 heavy (non-hydrogen) atoms. The highest BCUT2D eigenvalue weighted by Crippen LogP contribution is 2.31. The summed E-state index contributed by atoms with van der Waals surface area (Å²) in [4.78, 5) is 16.3. The predicted octanol–water partition coefficient (Wildman–Crippen LogP) is 4.30. The van der Waals surface area contributed by atoms with E-state index in [0.717, 1.165) is 22.6 Å². The number of rotatable bonds is 11. The van der Waals surface area contributed by atoms with Crippen LogP contribution in [0, 0.1) is 0 Å². The van der Waals surface area contributed by atoms with Crippen LogP contribution >= 0.6 is 0 Å². The van der Waals surface area contributed by atoms with Gasteiger partial charge in [-0.05, 0) is 53.6 Å². The summed E-state index contributed by atoms with van der Waals surface area (Å²) in [5.74, 6) is 1.12. The lowest BCUT2D eigenvalue weighted by atomic mass is 10.1. The number of hydrogen-bond donors (Lipinski definition) is 1. The third-order valence-corrected chi connectivity index (χ3v) is 4.71. The second-order valence-corrected chi connectivity index (χ2v) is 6.86. The topological polar surface area (TPSA) is 95.8 Å². The summed E-state index contributed by atoms with van der Waals surface area (Å²) in [6, 6.07) is 19.8. The second kappa shape index (κ2) is 11.4. The summed E-state index contributed by atoms with van der Waals surface area (Å²) in [6.07, 6.45) is 0. The quantitative estimate of drug-likeness (QED) is 0.343. The highest BCUT2D eigenvalue weighted by molar-refractivity contribution is 6.42. The van der Waals surface area contributed by atoms with Crippen molar-refractivity contribution >= 4 is 11.7 Å². The molecule has 0 heterocycles. The Balaban J connectivity index is 1.84. The van der Waals surface area contributed by atoms with Crippen molar-refractivity contribution < 1.29 is 33.7 Å². The number of oxime groups is 1. The number of hydrogen-bond acceptors (Lipinski definition) is 7. The average Bonchev–Trinajstić information content (AvgIpc) is 2.85. The van der Waals surface area contributed by atoms with Crippen molar-refractivity contribution in [3.63, 3.8) is 0 Å². The molecule has 172 valence electrons. The number of methoxy groups -OCH3 is 2. The molecule has 3 aromatic rings. The van der Waals surface area contributed by atoms with Crippen LogP contribution in [0.4, 0.5) is 0 Å². The van der Waals surface area contributed by atoms with Gasteiger partial charge in [-0.15, -0.1) is 0 Å². The minimum atomic E-state index is -1.22. The third-order valence-electron chi connectivity index (χ3n) is 4.71. The number of aliphatic carboxylic acids is 1. The Kier molecular flexibility index (Phi) is 8.13. The van der Waals surface area contributed by atoms with Gasteiger partial charge in [-0.25, -0.2) is 4.79 Å². The third kappa shape index (κ3) is 6.39. The van der Waals surface area contributed by atoms with Gasteiger partial charge in [-0.2, -0.15) is 0 Å². The van der Waals surface area contributed by atoms with Crippen LogP contribution in [0.15, 0.2) is 71.9 Å². The van der Waals surface area contributed by atoms with Gasteiger partial charge in [0.2, 0.25) is 0 Å². The zero-order valence-electron chi connectivity index (χ0n) is 18.6. The highest BCUT2D eigenvalue weighted by atomic mass is 16.6. The second-order valence-electron chi connectivity index (χ2n) is 6.86. The smallest absolute Gasteiger partial charge is 0.358 e. The minimum absolute atomic E-state index is 0.242. The van der Waals surface area contributed by atoms with Crippen molar-refractivity contribution in [2.75, 3.05) is 21.3 Å². The van der Waals surface area contributed by atoms with E-state index in [1.54, 1.807) is 32.4 Å². The Labute approximate surface area is 191 Å². The van der Waals surface area contributed by atoms with Gasteiger partial charge in [0, 0.05) is 5.56 Å². The molecule has 0 amide bonds. The molecule has 3 rings (SSSR count). The molecule has 0 aliphatic heterocycles. The summed E-state index contributed by atoms with van der Waals surface area (Å²) in [6.45, 7) is 0.538. The van der Waals surface area contributed by atoms with Gasteiger partial charge in [0.05, 0.1) is 14.2 Å². The first-order valence-electron chi connectivity index (χ1n) is 10.0. The molecule has 8 nitrogen and oxygen atoms in total. The van der Waals surface area contributed by atoms with Gasteiger partial charge in [-0.1, -0.05) is 29.4 Å². The average molecular weight is 451 g/mol. The van der Waals surface area contributed by atoms with Gasteiger partial charge in [0.15, 0.2) is 17.2 Å². The molecular formula is C25H25NO7. The van der Waals surface area contributed by atoms with E-state index in [4.69, 9.17) is 18.9 Å². The van der Waals surface area contributed by atoms with Crippen LogP contribution < -0.4 is 18.9 Å². The van der Waals surface area contributed by atoms with Crippen LogP contribution in [0.3, 0.4) is 0 Å². The number of carboxylic acids is 1. The molecule has 3 aromatic carbocycles. The number of ether oxygens (including phenoxy) is 4. The highest BCUT2D eigenvalue weighted by Gasteiger charge is 2.17. The molecule has 0 spiro atoms. The van der Waals surface area contributed by atoms with Crippen molar-refractivity contribution in [1.29, 1.82) is 0 Å². The van der Waals surface area contributed by atoms with E-state index in [9.17, 15) is 9.90 Å². The van der Waals surface area contributed by atoms with E-state index in [-0.39, 0.29) is 12.3 Å². The first-order chi connectivity index (χ1) is 16.0. The van der Waals surface area contributed by atoms with E-state index in [0.29, 0.717) is 23.7 Å². The van der Waals surface area contributed by atoms with E-state index in [2.05, 4.69) is 9.99 Å². The maximum atomic E-state index is 11.6. The fraction of sp³-hybridized carbons (Fsp3) is 0.200. The van der Waals surface area contributed by atoms with Crippen molar-refractivity contribution in [3.05, 3.63) is 83.4 Å². The van der Waals surface area contributed by atoms with Gasteiger partial charge >= 0.3 is 5.97 Å². The van der Waals surface area contributed by atoms with Crippen LogP contribution in [0.25, 0.3) is 0 Å². The SMILES string of the molecule is CO/N=C(\C(=O)O)c1ccc(OCc2ccc(OC)cc2)c(OCc2ccc(OC)cc2)c1. The van der Waals surface area contributed by atoms with Gasteiger partial charge in [-0.3, -0.25) is 0 Å². The van der Waals surface area contributed by atoms with E-state index in [1.165, 1.54) is 7.11 Å². The van der Waals surface area contributed by atoms with Crippen molar-refractivity contribution in [1.82, 2.24) is 0 Å². The Morgan fingerprint density at radius 2 is 1.27 bits per heavy atom. The summed E-state index contributed by atoms with van der Waals surface area (Å²) >= 11 is 0.